The fourth-order valence-electron chi connectivity index (χ4n) is 3.89. The van der Waals surface area contributed by atoms with Crippen molar-refractivity contribution >= 4 is 20.9 Å². The summed E-state index contributed by atoms with van der Waals surface area (Å²) in [4.78, 5) is 4.58. The molecular formula is C16H19N3O2S. The Morgan fingerprint density at radius 1 is 1.14 bits per heavy atom. The van der Waals surface area contributed by atoms with E-state index < -0.39 is 10.0 Å². The zero-order valence-corrected chi connectivity index (χ0v) is 13.0. The van der Waals surface area contributed by atoms with E-state index in [1.165, 1.54) is 0 Å². The largest absolute Gasteiger partial charge is 0.327 e. The SMILES string of the molecule is NC1CCC2CN(S(=O)(=O)c3cccc4cccnc34)CC12. The van der Waals surface area contributed by atoms with Gasteiger partial charge in [-0.25, -0.2) is 8.42 Å². The molecule has 2 aliphatic rings. The third kappa shape index (κ3) is 2.06. The fourth-order valence-corrected chi connectivity index (χ4v) is 5.59. The van der Waals surface area contributed by atoms with Crippen molar-refractivity contribution < 1.29 is 8.42 Å². The number of para-hydroxylation sites is 1. The van der Waals surface area contributed by atoms with Gasteiger partial charge in [0.2, 0.25) is 10.0 Å². The standard InChI is InChI=1S/C16H19N3O2S/c17-14-7-6-12-9-19(10-13(12)14)22(20,21)15-5-1-3-11-4-2-8-18-16(11)15/h1-5,8,12-14H,6-7,9-10,17H2. The number of pyridine rings is 1. The van der Waals surface area contributed by atoms with Crippen molar-refractivity contribution in [1.29, 1.82) is 0 Å². The molecule has 1 saturated carbocycles. The van der Waals surface area contributed by atoms with Crippen molar-refractivity contribution in [1.82, 2.24) is 9.29 Å². The summed E-state index contributed by atoms with van der Waals surface area (Å²) in [5.41, 5.74) is 6.67. The predicted octanol–water partition coefficient (Wildman–Crippen LogP) is 1.59. The maximum atomic E-state index is 13.0. The van der Waals surface area contributed by atoms with E-state index in [1.54, 1.807) is 22.6 Å². The number of nitrogens with two attached hydrogens (primary N) is 1. The molecule has 3 unspecified atom stereocenters. The molecule has 5 nitrogen and oxygen atoms in total. The number of nitrogens with zero attached hydrogens (tertiary/aromatic N) is 2. The molecule has 4 rings (SSSR count). The Morgan fingerprint density at radius 3 is 2.77 bits per heavy atom. The van der Waals surface area contributed by atoms with Gasteiger partial charge in [0.25, 0.3) is 0 Å². The Morgan fingerprint density at radius 2 is 1.95 bits per heavy atom. The van der Waals surface area contributed by atoms with Crippen LogP contribution in [0.5, 0.6) is 0 Å². The van der Waals surface area contributed by atoms with Gasteiger partial charge in [-0.2, -0.15) is 4.31 Å². The molecule has 22 heavy (non-hydrogen) atoms. The summed E-state index contributed by atoms with van der Waals surface area (Å²) in [5, 5.41) is 0.847. The highest BCUT2D eigenvalue weighted by molar-refractivity contribution is 7.89. The van der Waals surface area contributed by atoms with Crippen LogP contribution >= 0.6 is 0 Å². The van der Waals surface area contributed by atoms with Crippen molar-refractivity contribution in [3.05, 3.63) is 36.5 Å². The van der Waals surface area contributed by atoms with Crippen molar-refractivity contribution in [2.24, 2.45) is 17.6 Å². The first-order valence-electron chi connectivity index (χ1n) is 7.67. The Bertz CT molecular complexity index is 816. The minimum Gasteiger partial charge on any atom is -0.327 e. The second-order valence-electron chi connectivity index (χ2n) is 6.32. The van der Waals surface area contributed by atoms with Crippen LogP contribution < -0.4 is 5.73 Å². The van der Waals surface area contributed by atoms with Gasteiger partial charge < -0.3 is 5.73 Å². The molecule has 6 heteroatoms. The average molecular weight is 317 g/mol. The molecule has 1 saturated heterocycles. The van der Waals surface area contributed by atoms with E-state index in [1.807, 2.05) is 18.2 Å². The summed E-state index contributed by atoms with van der Waals surface area (Å²) in [5.74, 6) is 0.713. The van der Waals surface area contributed by atoms with E-state index in [-0.39, 0.29) is 6.04 Å². The smallest absolute Gasteiger partial charge is 0.245 e. The molecule has 0 radical (unpaired) electrons. The first-order chi connectivity index (χ1) is 10.6. The number of fused-ring (bicyclic) bond motifs is 2. The first kappa shape index (κ1) is 14.1. The van der Waals surface area contributed by atoms with Gasteiger partial charge in [0, 0.05) is 30.7 Å². The van der Waals surface area contributed by atoms with Crippen LogP contribution in [0.4, 0.5) is 0 Å². The van der Waals surface area contributed by atoms with E-state index >= 15 is 0 Å². The third-order valence-electron chi connectivity index (χ3n) is 5.09. The third-order valence-corrected chi connectivity index (χ3v) is 6.96. The maximum Gasteiger partial charge on any atom is 0.245 e. The molecule has 0 bridgehead atoms. The van der Waals surface area contributed by atoms with Crippen molar-refractivity contribution in [3.63, 3.8) is 0 Å². The molecule has 2 fully saturated rings. The topological polar surface area (TPSA) is 76.3 Å². The van der Waals surface area contributed by atoms with Gasteiger partial charge in [-0.3, -0.25) is 4.98 Å². The fraction of sp³-hybridized carbons (Fsp3) is 0.438. The predicted molar refractivity (Wildman–Crippen MR) is 84.7 cm³/mol. The molecule has 1 aliphatic carbocycles. The number of aromatic nitrogens is 1. The lowest BCUT2D eigenvalue weighted by Gasteiger charge is -2.19. The molecule has 3 atom stereocenters. The van der Waals surface area contributed by atoms with Gasteiger partial charge in [-0.1, -0.05) is 18.2 Å². The van der Waals surface area contributed by atoms with E-state index in [4.69, 9.17) is 5.73 Å². The highest BCUT2D eigenvalue weighted by atomic mass is 32.2. The molecule has 1 aromatic heterocycles. The molecule has 0 amide bonds. The molecular weight excluding hydrogens is 298 g/mol. The number of benzene rings is 1. The van der Waals surface area contributed by atoms with Gasteiger partial charge in [-0.15, -0.1) is 0 Å². The molecule has 116 valence electrons. The van der Waals surface area contributed by atoms with Crippen molar-refractivity contribution in [2.75, 3.05) is 13.1 Å². The van der Waals surface area contributed by atoms with Crippen molar-refractivity contribution in [2.45, 2.75) is 23.8 Å². The molecule has 1 aliphatic heterocycles. The number of rotatable bonds is 2. The highest BCUT2D eigenvalue weighted by Gasteiger charge is 2.45. The summed E-state index contributed by atoms with van der Waals surface area (Å²) in [6, 6.07) is 9.15. The highest BCUT2D eigenvalue weighted by Crippen LogP contribution is 2.39. The van der Waals surface area contributed by atoms with E-state index in [9.17, 15) is 8.42 Å². The molecule has 2 N–H and O–H groups in total. The summed E-state index contributed by atoms with van der Waals surface area (Å²) in [6.45, 7) is 1.13. The lowest BCUT2D eigenvalue weighted by molar-refractivity contribution is 0.427. The van der Waals surface area contributed by atoms with Gasteiger partial charge in [-0.05, 0) is 36.8 Å². The normalized spacial score (nSPS) is 29.0. The van der Waals surface area contributed by atoms with Gasteiger partial charge in [0.1, 0.15) is 4.90 Å². The van der Waals surface area contributed by atoms with Crippen LogP contribution in [-0.4, -0.2) is 36.8 Å². The Labute approximate surface area is 130 Å². The second-order valence-corrected chi connectivity index (χ2v) is 8.22. The van der Waals surface area contributed by atoms with Crippen LogP contribution in [0.1, 0.15) is 12.8 Å². The lowest BCUT2D eigenvalue weighted by Crippen LogP contribution is -2.33. The van der Waals surface area contributed by atoms with E-state index in [0.29, 0.717) is 35.3 Å². The van der Waals surface area contributed by atoms with Gasteiger partial charge in [0.15, 0.2) is 0 Å². The minimum absolute atomic E-state index is 0.135. The Kier molecular flexibility index (Phi) is 3.21. The van der Waals surface area contributed by atoms with Gasteiger partial charge >= 0.3 is 0 Å². The van der Waals surface area contributed by atoms with Gasteiger partial charge in [0.05, 0.1) is 5.52 Å². The molecule has 2 aromatic rings. The van der Waals surface area contributed by atoms with Crippen LogP contribution in [0.2, 0.25) is 0 Å². The Balaban J connectivity index is 1.75. The monoisotopic (exact) mass is 317 g/mol. The lowest BCUT2D eigenvalue weighted by atomic mass is 9.98. The minimum atomic E-state index is -3.52. The zero-order valence-electron chi connectivity index (χ0n) is 12.2. The summed E-state index contributed by atoms with van der Waals surface area (Å²) in [6.07, 6.45) is 3.68. The van der Waals surface area contributed by atoms with E-state index in [2.05, 4.69) is 4.98 Å². The zero-order chi connectivity index (χ0) is 15.3. The maximum absolute atomic E-state index is 13.0. The molecule has 1 aromatic carbocycles. The van der Waals surface area contributed by atoms with E-state index in [0.717, 1.165) is 18.2 Å². The average Bonchev–Trinajstić information content (AvgIpc) is 3.10. The quantitative estimate of drug-likeness (QED) is 0.912. The van der Waals surface area contributed by atoms with Crippen LogP contribution in [0.3, 0.4) is 0 Å². The van der Waals surface area contributed by atoms with Crippen molar-refractivity contribution in [3.8, 4) is 0 Å². The second kappa shape index (κ2) is 5.01. The molecule has 2 heterocycles. The summed E-state index contributed by atoms with van der Waals surface area (Å²) >= 11 is 0. The van der Waals surface area contributed by atoms with Crippen LogP contribution in [0, 0.1) is 11.8 Å². The molecule has 0 spiro atoms. The first-order valence-corrected chi connectivity index (χ1v) is 9.11. The summed E-state index contributed by atoms with van der Waals surface area (Å²) < 4.78 is 27.7. The number of sulfonamides is 1. The van der Waals surface area contributed by atoms with Crippen LogP contribution in [0.25, 0.3) is 10.9 Å². The Hall–Kier alpha value is -1.50. The van der Waals surface area contributed by atoms with Crippen LogP contribution in [0.15, 0.2) is 41.4 Å². The number of hydrogen-bond acceptors (Lipinski definition) is 4. The van der Waals surface area contributed by atoms with Crippen LogP contribution in [-0.2, 0) is 10.0 Å². The summed E-state index contributed by atoms with van der Waals surface area (Å²) in [7, 11) is -3.52. The number of hydrogen-bond donors (Lipinski definition) is 1.